The van der Waals surface area contributed by atoms with Crippen molar-refractivity contribution in [2.24, 2.45) is 5.92 Å². The first-order valence-electron chi connectivity index (χ1n) is 5.09. The van der Waals surface area contributed by atoms with Crippen molar-refractivity contribution in [2.75, 3.05) is 6.61 Å². The van der Waals surface area contributed by atoms with E-state index in [1.807, 2.05) is 27.7 Å². The zero-order valence-corrected chi connectivity index (χ0v) is 9.03. The van der Waals surface area contributed by atoms with E-state index in [9.17, 15) is 5.11 Å². The molecule has 0 radical (unpaired) electrons. The third-order valence-electron chi connectivity index (χ3n) is 2.25. The van der Waals surface area contributed by atoms with Gasteiger partial charge in [0.25, 0.3) is 0 Å². The summed E-state index contributed by atoms with van der Waals surface area (Å²) in [7, 11) is 0. The number of aliphatic hydroxyl groups is 2. The molecule has 0 aliphatic carbocycles. The van der Waals surface area contributed by atoms with Gasteiger partial charge in [-0.25, -0.2) is 0 Å². The van der Waals surface area contributed by atoms with Crippen LogP contribution in [0.2, 0.25) is 0 Å². The zero-order chi connectivity index (χ0) is 10.4. The Hall–Kier alpha value is -0.120. The molecule has 13 heavy (non-hydrogen) atoms. The Bertz CT molecular complexity index is 127. The second kappa shape index (κ2) is 6.35. The summed E-state index contributed by atoms with van der Waals surface area (Å²) < 4.78 is 5.32. The van der Waals surface area contributed by atoms with Gasteiger partial charge in [-0.3, -0.25) is 0 Å². The van der Waals surface area contributed by atoms with E-state index in [0.29, 0.717) is 0 Å². The van der Waals surface area contributed by atoms with E-state index in [4.69, 9.17) is 9.84 Å². The standard InChI is InChI=1S/C8H16O3.C2H6/c1-5-3-6(2)11-7(4-9)8(5)10;1-2/h5-10H,3-4H2,1-2H3;1-2H3. The highest BCUT2D eigenvalue weighted by Gasteiger charge is 2.32. The first-order chi connectivity index (χ1) is 6.15. The van der Waals surface area contributed by atoms with Crippen molar-refractivity contribution in [3.8, 4) is 0 Å². The average molecular weight is 190 g/mol. The van der Waals surface area contributed by atoms with Crippen LogP contribution < -0.4 is 0 Å². The van der Waals surface area contributed by atoms with Gasteiger partial charge >= 0.3 is 0 Å². The van der Waals surface area contributed by atoms with Crippen molar-refractivity contribution in [1.29, 1.82) is 0 Å². The number of ether oxygens (including phenoxy) is 1. The summed E-state index contributed by atoms with van der Waals surface area (Å²) in [6.07, 6.45) is 0.146. The fraction of sp³-hybridized carbons (Fsp3) is 1.00. The van der Waals surface area contributed by atoms with E-state index in [1.165, 1.54) is 0 Å². The molecular formula is C10H22O3. The van der Waals surface area contributed by atoms with E-state index in [1.54, 1.807) is 0 Å². The molecule has 3 nitrogen and oxygen atoms in total. The minimum absolute atomic E-state index is 0.0875. The molecule has 0 aromatic carbocycles. The molecule has 0 spiro atoms. The van der Waals surface area contributed by atoms with Crippen LogP contribution in [0.5, 0.6) is 0 Å². The number of aliphatic hydroxyl groups excluding tert-OH is 2. The number of hydrogen-bond donors (Lipinski definition) is 2. The Kier molecular flexibility index (Phi) is 6.29. The lowest BCUT2D eigenvalue weighted by atomic mass is 9.91. The van der Waals surface area contributed by atoms with E-state index < -0.39 is 6.10 Å². The highest BCUT2D eigenvalue weighted by molar-refractivity contribution is 4.81. The quantitative estimate of drug-likeness (QED) is 0.652. The Morgan fingerprint density at radius 1 is 1.31 bits per heavy atom. The topological polar surface area (TPSA) is 49.7 Å². The molecule has 2 N–H and O–H groups in total. The lowest BCUT2D eigenvalue weighted by Crippen LogP contribution is -2.45. The fourth-order valence-corrected chi connectivity index (χ4v) is 1.61. The molecule has 1 aliphatic rings. The van der Waals surface area contributed by atoms with Gasteiger partial charge in [-0.15, -0.1) is 0 Å². The van der Waals surface area contributed by atoms with E-state index >= 15 is 0 Å². The van der Waals surface area contributed by atoms with Gasteiger partial charge in [-0.1, -0.05) is 20.8 Å². The Morgan fingerprint density at radius 3 is 2.31 bits per heavy atom. The predicted octanol–water partition coefficient (Wildman–Crippen LogP) is 1.18. The van der Waals surface area contributed by atoms with Gasteiger partial charge < -0.3 is 14.9 Å². The summed E-state index contributed by atoms with van der Waals surface area (Å²) in [6, 6.07) is 0. The van der Waals surface area contributed by atoms with Crippen LogP contribution >= 0.6 is 0 Å². The van der Waals surface area contributed by atoms with Crippen molar-refractivity contribution in [3.63, 3.8) is 0 Å². The van der Waals surface area contributed by atoms with Crippen LogP contribution in [0.25, 0.3) is 0 Å². The minimum atomic E-state index is -0.504. The van der Waals surface area contributed by atoms with Crippen LogP contribution in [-0.4, -0.2) is 35.1 Å². The molecule has 0 saturated carbocycles. The maximum atomic E-state index is 9.47. The summed E-state index contributed by atoms with van der Waals surface area (Å²) in [6.45, 7) is 7.85. The molecule has 1 fully saturated rings. The summed E-state index contributed by atoms with van der Waals surface area (Å²) in [5.41, 5.74) is 0. The molecule has 80 valence electrons. The van der Waals surface area contributed by atoms with Crippen LogP contribution in [0.1, 0.15) is 34.1 Å². The van der Waals surface area contributed by atoms with E-state index in [2.05, 4.69) is 0 Å². The maximum Gasteiger partial charge on any atom is 0.107 e. The lowest BCUT2D eigenvalue weighted by Gasteiger charge is -2.35. The smallest absolute Gasteiger partial charge is 0.107 e. The van der Waals surface area contributed by atoms with E-state index in [0.717, 1.165) is 6.42 Å². The molecule has 0 aromatic rings. The third-order valence-corrected chi connectivity index (χ3v) is 2.25. The molecule has 1 rings (SSSR count). The number of hydrogen-bond acceptors (Lipinski definition) is 3. The molecule has 1 saturated heterocycles. The Labute approximate surface area is 80.7 Å². The first kappa shape index (κ1) is 12.9. The van der Waals surface area contributed by atoms with Crippen LogP contribution in [0.4, 0.5) is 0 Å². The average Bonchev–Trinajstić information content (AvgIpc) is 2.14. The van der Waals surface area contributed by atoms with Crippen LogP contribution in [0.3, 0.4) is 0 Å². The molecular weight excluding hydrogens is 168 g/mol. The summed E-state index contributed by atoms with van der Waals surface area (Å²) in [4.78, 5) is 0. The van der Waals surface area contributed by atoms with Gasteiger partial charge in [0.2, 0.25) is 0 Å². The van der Waals surface area contributed by atoms with Crippen molar-refractivity contribution in [1.82, 2.24) is 0 Å². The summed E-state index contributed by atoms with van der Waals surface area (Å²) in [5, 5.41) is 18.3. The fourth-order valence-electron chi connectivity index (χ4n) is 1.61. The second-order valence-electron chi connectivity index (χ2n) is 3.37. The van der Waals surface area contributed by atoms with E-state index in [-0.39, 0.29) is 24.7 Å². The van der Waals surface area contributed by atoms with Crippen LogP contribution in [0.15, 0.2) is 0 Å². The molecule has 4 atom stereocenters. The highest BCUT2D eigenvalue weighted by atomic mass is 16.5. The molecule has 1 aliphatic heterocycles. The van der Waals surface area contributed by atoms with Gasteiger partial charge in [0.1, 0.15) is 6.10 Å². The molecule has 0 aromatic heterocycles. The van der Waals surface area contributed by atoms with Crippen LogP contribution in [-0.2, 0) is 4.74 Å². The van der Waals surface area contributed by atoms with Crippen molar-refractivity contribution in [2.45, 2.75) is 52.4 Å². The normalized spacial score (nSPS) is 39.2. The van der Waals surface area contributed by atoms with Crippen molar-refractivity contribution < 1.29 is 14.9 Å². The van der Waals surface area contributed by atoms with Gasteiger partial charge in [0, 0.05) is 0 Å². The van der Waals surface area contributed by atoms with Crippen LogP contribution in [0, 0.1) is 5.92 Å². The Balaban J connectivity index is 0.000000671. The first-order valence-corrected chi connectivity index (χ1v) is 5.09. The summed E-state index contributed by atoms with van der Waals surface area (Å²) in [5.74, 6) is 0.232. The Morgan fingerprint density at radius 2 is 1.85 bits per heavy atom. The molecule has 1 heterocycles. The number of rotatable bonds is 1. The van der Waals surface area contributed by atoms with Crippen molar-refractivity contribution in [3.05, 3.63) is 0 Å². The van der Waals surface area contributed by atoms with Gasteiger partial charge in [0.15, 0.2) is 0 Å². The summed E-state index contributed by atoms with van der Waals surface area (Å²) >= 11 is 0. The minimum Gasteiger partial charge on any atom is -0.394 e. The second-order valence-corrected chi connectivity index (χ2v) is 3.37. The van der Waals surface area contributed by atoms with Gasteiger partial charge in [-0.2, -0.15) is 0 Å². The largest absolute Gasteiger partial charge is 0.394 e. The predicted molar refractivity (Wildman–Crippen MR) is 52.6 cm³/mol. The maximum absolute atomic E-state index is 9.47. The van der Waals surface area contributed by atoms with Crippen molar-refractivity contribution >= 4 is 0 Å². The SMILES string of the molecule is CC.CC1CC(C)C(O)C(CO)O1. The lowest BCUT2D eigenvalue weighted by molar-refractivity contribution is -0.149. The molecule has 4 unspecified atom stereocenters. The monoisotopic (exact) mass is 190 g/mol. The van der Waals surface area contributed by atoms with Gasteiger partial charge in [-0.05, 0) is 19.3 Å². The molecule has 3 heteroatoms. The molecule has 0 bridgehead atoms. The van der Waals surface area contributed by atoms with Gasteiger partial charge in [0.05, 0.1) is 18.8 Å². The highest BCUT2D eigenvalue weighted by Crippen LogP contribution is 2.24. The zero-order valence-electron chi connectivity index (χ0n) is 9.03. The third kappa shape index (κ3) is 3.63. The molecule has 0 amide bonds.